The number of hydrogen-bond donors (Lipinski definition) is 0. The van der Waals surface area contributed by atoms with Crippen LogP contribution in [0.25, 0.3) is 21.8 Å². The summed E-state index contributed by atoms with van der Waals surface area (Å²) in [5.74, 6) is 0.460. The maximum atomic E-state index is 13.6. The van der Waals surface area contributed by atoms with Crippen molar-refractivity contribution in [2.45, 2.75) is 45.1 Å². The lowest BCUT2D eigenvalue weighted by Crippen LogP contribution is -2.35. The zero-order valence-corrected chi connectivity index (χ0v) is 16.2. The zero-order valence-electron chi connectivity index (χ0n) is 16.2. The monoisotopic (exact) mass is 368 g/mol. The summed E-state index contributed by atoms with van der Waals surface area (Å²) in [4.78, 5) is 5.68. The summed E-state index contributed by atoms with van der Waals surface area (Å²) in [6.45, 7) is 6.91. The molecule has 1 unspecified atom stereocenters. The maximum Gasteiger partial charge on any atom is 0.322 e. The van der Waals surface area contributed by atoms with Crippen molar-refractivity contribution in [1.29, 1.82) is 0 Å². The molecule has 0 aliphatic rings. The molecule has 0 bridgehead atoms. The Morgan fingerprint density at radius 2 is 1.78 bits per heavy atom. The highest BCUT2D eigenvalue weighted by atomic mass is 19.3. The van der Waals surface area contributed by atoms with Gasteiger partial charge in [0.25, 0.3) is 0 Å². The molecule has 0 aliphatic carbocycles. The van der Waals surface area contributed by atoms with E-state index >= 15 is 0 Å². The molecule has 0 spiro atoms. The molecule has 2 aromatic carbocycles. The highest BCUT2D eigenvalue weighted by Crippen LogP contribution is 2.30. The number of pyridine rings is 1. The number of unbranched alkanes of at least 4 members (excludes halogenated alkanes) is 1. The molecule has 4 heteroatoms. The van der Waals surface area contributed by atoms with E-state index in [1.54, 1.807) is 18.2 Å². The summed E-state index contributed by atoms with van der Waals surface area (Å²) in [6, 6.07) is 10.8. The van der Waals surface area contributed by atoms with Crippen molar-refractivity contribution in [3.05, 3.63) is 60.7 Å². The van der Waals surface area contributed by atoms with Crippen LogP contribution >= 0.6 is 0 Å². The summed E-state index contributed by atoms with van der Waals surface area (Å²) >= 11 is 0. The van der Waals surface area contributed by atoms with Gasteiger partial charge in [-0.15, -0.1) is 6.58 Å². The van der Waals surface area contributed by atoms with Crippen LogP contribution in [0.4, 0.5) is 14.5 Å². The number of rotatable bonds is 7. The van der Waals surface area contributed by atoms with Gasteiger partial charge in [0, 0.05) is 30.4 Å². The SMILES string of the molecule is C=CCCCC(C)c1ccc2nc3ccc(N(C)C(C)(F)F)cc3cc2c1. The van der Waals surface area contributed by atoms with Gasteiger partial charge in [0.15, 0.2) is 0 Å². The average Bonchev–Trinajstić information content (AvgIpc) is 2.64. The van der Waals surface area contributed by atoms with Crippen molar-refractivity contribution in [1.82, 2.24) is 4.98 Å². The molecule has 3 aromatic rings. The highest BCUT2D eigenvalue weighted by molar-refractivity contribution is 5.94. The predicted molar refractivity (Wildman–Crippen MR) is 111 cm³/mol. The number of anilines is 1. The first-order chi connectivity index (χ1) is 12.8. The standard InChI is InChI=1S/C23H26F2N2/c1-5-6-7-8-16(2)17-9-11-21-18(13-17)14-19-15-20(10-12-22(19)26-21)27(4)23(3,24)25/h5,9-16H,1,6-8H2,2-4H3. The van der Waals surface area contributed by atoms with Crippen LogP contribution in [0.5, 0.6) is 0 Å². The molecule has 27 heavy (non-hydrogen) atoms. The lowest BCUT2D eigenvalue weighted by atomic mass is 9.94. The predicted octanol–water partition coefficient (Wildman–Crippen LogP) is 6.90. The first-order valence-corrected chi connectivity index (χ1v) is 9.36. The third kappa shape index (κ3) is 4.26. The van der Waals surface area contributed by atoms with Crippen molar-refractivity contribution in [3.8, 4) is 0 Å². The smallest absolute Gasteiger partial charge is 0.317 e. The van der Waals surface area contributed by atoms with Crippen molar-refractivity contribution in [3.63, 3.8) is 0 Å². The van der Waals surface area contributed by atoms with Gasteiger partial charge in [-0.2, -0.15) is 8.78 Å². The summed E-state index contributed by atoms with van der Waals surface area (Å²) < 4.78 is 27.3. The van der Waals surface area contributed by atoms with Gasteiger partial charge in [-0.1, -0.05) is 19.1 Å². The van der Waals surface area contributed by atoms with Crippen LogP contribution in [-0.4, -0.2) is 18.1 Å². The summed E-state index contributed by atoms with van der Waals surface area (Å²) in [5.41, 5.74) is 3.49. The zero-order chi connectivity index (χ0) is 19.6. The molecule has 2 nitrogen and oxygen atoms in total. The minimum atomic E-state index is -2.91. The number of fused-ring (bicyclic) bond motifs is 2. The Kier molecular flexibility index (Phi) is 5.45. The van der Waals surface area contributed by atoms with Gasteiger partial charge < -0.3 is 4.90 Å². The van der Waals surface area contributed by atoms with Gasteiger partial charge in [0.2, 0.25) is 0 Å². The third-order valence-electron chi connectivity index (χ3n) is 5.21. The van der Waals surface area contributed by atoms with Gasteiger partial charge in [0.05, 0.1) is 11.0 Å². The molecule has 0 N–H and O–H groups in total. The van der Waals surface area contributed by atoms with Crippen molar-refractivity contribution in [2.75, 3.05) is 11.9 Å². The van der Waals surface area contributed by atoms with Gasteiger partial charge in [-0.05, 0) is 67.1 Å². The summed E-state index contributed by atoms with van der Waals surface area (Å²) in [6.07, 6.45) is 5.22. The van der Waals surface area contributed by atoms with Crippen LogP contribution < -0.4 is 4.90 Å². The minimum absolute atomic E-state index is 0.460. The lowest BCUT2D eigenvalue weighted by Gasteiger charge is -2.26. The van der Waals surface area contributed by atoms with E-state index < -0.39 is 6.05 Å². The van der Waals surface area contributed by atoms with Crippen molar-refractivity contribution < 1.29 is 8.78 Å². The number of alkyl halides is 2. The van der Waals surface area contributed by atoms with Crippen LogP contribution in [0.2, 0.25) is 0 Å². The lowest BCUT2D eigenvalue weighted by molar-refractivity contribution is 0.0236. The van der Waals surface area contributed by atoms with E-state index in [1.165, 1.54) is 12.6 Å². The molecule has 0 radical (unpaired) electrons. The molecular formula is C23H26F2N2. The van der Waals surface area contributed by atoms with E-state index in [1.807, 2.05) is 18.2 Å². The Balaban J connectivity index is 1.97. The fraction of sp³-hybridized carbons (Fsp3) is 0.348. The molecule has 0 saturated carbocycles. The van der Waals surface area contributed by atoms with Gasteiger partial charge in [0.1, 0.15) is 0 Å². The van der Waals surface area contributed by atoms with Crippen molar-refractivity contribution >= 4 is 27.5 Å². The number of benzene rings is 2. The average molecular weight is 368 g/mol. The molecule has 142 valence electrons. The second-order valence-electron chi connectivity index (χ2n) is 7.34. The van der Waals surface area contributed by atoms with E-state index in [9.17, 15) is 8.78 Å². The van der Waals surface area contributed by atoms with Crippen LogP contribution in [0.1, 0.15) is 44.6 Å². The van der Waals surface area contributed by atoms with E-state index in [4.69, 9.17) is 4.98 Å². The van der Waals surface area contributed by atoms with Crippen LogP contribution in [-0.2, 0) is 0 Å². The van der Waals surface area contributed by atoms with Crippen LogP contribution in [0, 0.1) is 0 Å². The van der Waals surface area contributed by atoms with Gasteiger partial charge >= 0.3 is 6.05 Å². The van der Waals surface area contributed by atoms with E-state index in [2.05, 4.69) is 25.6 Å². The largest absolute Gasteiger partial charge is 0.322 e. The Bertz CT molecular complexity index is 960. The number of nitrogens with zero attached hydrogens (tertiary/aromatic N) is 2. The molecule has 1 atom stereocenters. The van der Waals surface area contributed by atoms with E-state index in [-0.39, 0.29) is 0 Å². The Hall–Kier alpha value is -2.49. The third-order valence-corrected chi connectivity index (χ3v) is 5.21. The molecule has 0 amide bonds. The molecule has 1 aromatic heterocycles. The molecule has 0 aliphatic heterocycles. The molecule has 0 fully saturated rings. The minimum Gasteiger partial charge on any atom is -0.317 e. The number of hydrogen-bond acceptors (Lipinski definition) is 2. The summed E-state index contributed by atoms with van der Waals surface area (Å²) in [5, 5.41) is 1.91. The van der Waals surface area contributed by atoms with Crippen LogP contribution in [0.3, 0.4) is 0 Å². The first kappa shape index (κ1) is 19.3. The topological polar surface area (TPSA) is 16.1 Å². The number of aromatic nitrogens is 1. The van der Waals surface area contributed by atoms with Crippen molar-refractivity contribution in [2.24, 2.45) is 0 Å². The fourth-order valence-corrected chi connectivity index (χ4v) is 3.32. The van der Waals surface area contributed by atoms with E-state index in [0.717, 1.165) is 52.9 Å². The fourth-order valence-electron chi connectivity index (χ4n) is 3.32. The Morgan fingerprint density at radius 3 is 2.44 bits per heavy atom. The molecule has 3 rings (SSSR count). The highest BCUT2D eigenvalue weighted by Gasteiger charge is 2.27. The molecular weight excluding hydrogens is 342 g/mol. The number of allylic oxidation sites excluding steroid dienone is 1. The molecule has 0 saturated heterocycles. The van der Waals surface area contributed by atoms with Gasteiger partial charge in [-0.3, -0.25) is 0 Å². The number of halogens is 2. The second-order valence-corrected chi connectivity index (χ2v) is 7.34. The second kappa shape index (κ2) is 7.63. The maximum absolute atomic E-state index is 13.6. The molecule has 1 heterocycles. The van der Waals surface area contributed by atoms with Gasteiger partial charge in [-0.25, -0.2) is 4.98 Å². The van der Waals surface area contributed by atoms with Crippen LogP contribution in [0.15, 0.2) is 55.1 Å². The Morgan fingerprint density at radius 1 is 1.11 bits per heavy atom. The quantitative estimate of drug-likeness (QED) is 0.195. The Labute approximate surface area is 159 Å². The first-order valence-electron chi connectivity index (χ1n) is 9.36. The summed E-state index contributed by atoms with van der Waals surface area (Å²) in [7, 11) is 1.40. The normalized spacial score (nSPS) is 13.1. The van der Waals surface area contributed by atoms with E-state index in [0.29, 0.717) is 11.6 Å².